The lowest BCUT2D eigenvalue weighted by molar-refractivity contribution is -0.00457. The van der Waals surface area contributed by atoms with Gasteiger partial charge >= 0.3 is 0 Å². The van der Waals surface area contributed by atoms with Gasteiger partial charge in [-0.25, -0.2) is 8.78 Å². The number of benzene rings is 1. The molecule has 0 radical (unpaired) electrons. The molecule has 0 heterocycles. The van der Waals surface area contributed by atoms with Crippen LogP contribution in [0.3, 0.4) is 0 Å². The van der Waals surface area contributed by atoms with Gasteiger partial charge in [0, 0.05) is 6.61 Å². The molecule has 3 rings (SSSR count). The van der Waals surface area contributed by atoms with Gasteiger partial charge in [-0.15, -0.1) is 0 Å². The van der Waals surface area contributed by atoms with Crippen molar-refractivity contribution in [1.29, 1.82) is 5.26 Å². The Morgan fingerprint density at radius 2 is 1.76 bits per heavy atom. The summed E-state index contributed by atoms with van der Waals surface area (Å²) in [6.07, 6.45) is 13.2. The Balaban J connectivity index is 1.35. The van der Waals surface area contributed by atoms with Crippen molar-refractivity contribution in [3.8, 4) is 6.07 Å². The molecule has 0 amide bonds. The number of halogens is 3. The fourth-order valence-electron chi connectivity index (χ4n) is 4.48. The largest absolute Gasteiger partial charge is 0.378 e. The van der Waals surface area contributed by atoms with Gasteiger partial charge in [0.15, 0.2) is 17.5 Å². The number of nitriles is 1. The van der Waals surface area contributed by atoms with Crippen LogP contribution in [0, 0.1) is 34.8 Å². The van der Waals surface area contributed by atoms with Gasteiger partial charge < -0.3 is 4.74 Å². The van der Waals surface area contributed by atoms with Gasteiger partial charge in [0.2, 0.25) is 0 Å². The molecule has 2 fully saturated rings. The molecule has 156 valence electrons. The van der Waals surface area contributed by atoms with E-state index in [0.29, 0.717) is 17.8 Å². The van der Waals surface area contributed by atoms with Crippen molar-refractivity contribution in [3.05, 3.63) is 59.5 Å². The summed E-state index contributed by atoms with van der Waals surface area (Å²) in [5.74, 6) is -1.05. The van der Waals surface area contributed by atoms with Crippen molar-refractivity contribution >= 4 is 0 Å². The van der Waals surface area contributed by atoms with Gasteiger partial charge in [0.1, 0.15) is 6.07 Å². The third kappa shape index (κ3) is 6.47. The van der Waals surface area contributed by atoms with Crippen molar-refractivity contribution in [2.75, 3.05) is 6.61 Å². The fourth-order valence-corrected chi connectivity index (χ4v) is 4.48. The minimum atomic E-state index is -0.785. The molecule has 0 aliphatic heterocycles. The first-order valence-electron chi connectivity index (χ1n) is 10.6. The molecule has 2 nitrogen and oxygen atoms in total. The number of ether oxygens (including phenoxy) is 1. The third-order valence-corrected chi connectivity index (χ3v) is 6.28. The lowest BCUT2D eigenvalue weighted by Crippen LogP contribution is -2.25. The molecule has 2 aliphatic carbocycles. The van der Waals surface area contributed by atoms with E-state index in [1.165, 1.54) is 24.3 Å². The molecule has 0 saturated heterocycles. The van der Waals surface area contributed by atoms with E-state index in [-0.39, 0.29) is 6.10 Å². The van der Waals surface area contributed by atoms with Gasteiger partial charge in [-0.2, -0.15) is 9.65 Å². The minimum absolute atomic E-state index is 0.287. The monoisotopic (exact) mass is 403 g/mol. The molecule has 1 aromatic rings. The highest BCUT2D eigenvalue weighted by Crippen LogP contribution is 2.37. The average molecular weight is 403 g/mol. The van der Waals surface area contributed by atoms with Crippen molar-refractivity contribution in [2.45, 2.75) is 63.4 Å². The smallest absolute Gasteiger partial charge is 0.199 e. The summed E-state index contributed by atoms with van der Waals surface area (Å²) in [6.45, 7) is 0.770. The molecule has 29 heavy (non-hydrogen) atoms. The van der Waals surface area contributed by atoms with Gasteiger partial charge in [0.25, 0.3) is 0 Å². The van der Waals surface area contributed by atoms with Gasteiger partial charge in [0.05, 0.1) is 6.10 Å². The molecule has 0 bridgehead atoms. The summed E-state index contributed by atoms with van der Waals surface area (Å²) < 4.78 is 45.5. The van der Waals surface area contributed by atoms with E-state index in [1.807, 2.05) is 6.08 Å². The van der Waals surface area contributed by atoms with Crippen LogP contribution in [0.2, 0.25) is 0 Å². The van der Waals surface area contributed by atoms with Crippen LogP contribution in [0.1, 0.15) is 62.8 Å². The molecular formula is C24H28F3NO. The highest BCUT2D eigenvalue weighted by Gasteiger charge is 2.25. The number of allylic oxidation sites excluding steroid dienone is 4. The predicted molar refractivity (Wildman–Crippen MR) is 107 cm³/mol. The molecule has 0 spiro atoms. The summed E-state index contributed by atoms with van der Waals surface area (Å²) in [5.41, 5.74) is 0.902. The van der Waals surface area contributed by atoms with Crippen LogP contribution in [0.4, 0.5) is 13.2 Å². The molecule has 2 saturated carbocycles. The standard InChI is InChI=1S/C24H28F3NO/c25-21(15-28)3-1-2-17-6-11-22(12-7-17)29-16-18-4-8-19(9-5-18)20-10-13-23(26)24(27)14-20/h1-3,10,13-14,17-19,22H,4-9,11-12,16H2/t17-,18-,19-,22-. The van der Waals surface area contributed by atoms with Crippen molar-refractivity contribution in [1.82, 2.24) is 0 Å². The van der Waals surface area contributed by atoms with E-state index >= 15 is 0 Å². The quantitative estimate of drug-likeness (QED) is 0.389. The zero-order valence-corrected chi connectivity index (χ0v) is 16.6. The Bertz CT molecular complexity index is 767. The maximum Gasteiger partial charge on any atom is 0.199 e. The highest BCUT2D eigenvalue weighted by atomic mass is 19.2. The Morgan fingerprint density at radius 1 is 1.03 bits per heavy atom. The van der Waals surface area contributed by atoms with Gasteiger partial charge in [-0.3, -0.25) is 0 Å². The maximum absolute atomic E-state index is 13.5. The average Bonchev–Trinajstić information content (AvgIpc) is 2.75. The summed E-state index contributed by atoms with van der Waals surface area (Å²) in [5, 5.41) is 8.39. The first-order valence-corrected chi connectivity index (χ1v) is 10.6. The number of hydrogen-bond donors (Lipinski definition) is 0. The second-order valence-electron chi connectivity index (χ2n) is 8.27. The predicted octanol–water partition coefficient (Wildman–Crippen LogP) is 6.75. The summed E-state index contributed by atoms with van der Waals surface area (Å²) in [7, 11) is 0. The van der Waals surface area contributed by atoms with Crippen molar-refractivity contribution in [2.24, 2.45) is 11.8 Å². The molecule has 0 unspecified atom stereocenters. The van der Waals surface area contributed by atoms with E-state index in [1.54, 1.807) is 12.1 Å². The Hall–Kier alpha value is -2.06. The topological polar surface area (TPSA) is 33.0 Å². The van der Waals surface area contributed by atoms with E-state index in [9.17, 15) is 13.2 Å². The molecule has 2 aliphatic rings. The number of hydrogen-bond acceptors (Lipinski definition) is 2. The van der Waals surface area contributed by atoms with Crippen LogP contribution in [0.5, 0.6) is 0 Å². The van der Waals surface area contributed by atoms with Crippen molar-refractivity contribution < 1.29 is 17.9 Å². The lowest BCUT2D eigenvalue weighted by Gasteiger charge is -2.32. The highest BCUT2D eigenvalue weighted by molar-refractivity contribution is 5.22. The van der Waals surface area contributed by atoms with Gasteiger partial charge in [-0.05, 0) is 92.9 Å². The Morgan fingerprint density at radius 3 is 2.41 bits per heavy atom. The fraction of sp³-hybridized carbons (Fsp3) is 0.542. The molecule has 5 heteroatoms. The molecule has 0 N–H and O–H groups in total. The maximum atomic E-state index is 13.5. The van der Waals surface area contributed by atoms with Crippen LogP contribution in [-0.2, 0) is 4.74 Å². The Kier molecular flexibility index (Phi) is 7.94. The zero-order chi connectivity index (χ0) is 20.6. The first kappa shape index (κ1) is 21.6. The zero-order valence-electron chi connectivity index (χ0n) is 16.6. The molecule has 0 aromatic heterocycles. The van der Waals surface area contributed by atoms with E-state index < -0.39 is 17.5 Å². The Labute approximate surface area is 171 Å². The first-order chi connectivity index (χ1) is 14.0. The normalized spacial score (nSPS) is 28.4. The van der Waals surface area contributed by atoms with Crippen LogP contribution < -0.4 is 0 Å². The lowest BCUT2D eigenvalue weighted by atomic mass is 9.79. The summed E-state index contributed by atoms with van der Waals surface area (Å²) in [4.78, 5) is 0. The number of rotatable bonds is 6. The van der Waals surface area contributed by atoms with Crippen LogP contribution in [0.15, 0.2) is 42.3 Å². The third-order valence-electron chi connectivity index (χ3n) is 6.28. The van der Waals surface area contributed by atoms with Crippen LogP contribution >= 0.6 is 0 Å². The van der Waals surface area contributed by atoms with Gasteiger partial charge in [-0.1, -0.05) is 18.2 Å². The summed E-state index contributed by atoms with van der Waals surface area (Å²) in [6, 6.07) is 5.74. The van der Waals surface area contributed by atoms with Crippen molar-refractivity contribution in [3.63, 3.8) is 0 Å². The van der Waals surface area contributed by atoms with E-state index in [2.05, 4.69) is 0 Å². The number of nitrogens with zero attached hydrogens (tertiary/aromatic N) is 1. The minimum Gasteiger partial charge on any atom is -0.378 e. The van der Waals surface area contributed by atoms with E-state index in [4.69, 9.17) is 10.00 Å². The van der Waals surface area contributed by atoms with Crippen LogP contribution in [-0.4, -0.2) is 12.7 Å². The molecule has 0 atom stereocenters. The molecule has 1 aromatic carbocycles. The summed E-state index contributed by atoms with van der Waals surface area (Å²) >= 11 is 0. The second kappa shape index (κ2) is 10.6. The molecular weight excluding hydrogens is 375 g/mol. The van der Waals surface area contributed by atoms with Crippen LogP contribution in [0.25, 0.3) is 0 Å². The second-order valence-corrected chi connectivity index (χ2v) is 8.27. The van der Waals surface area contributed by atoms with E-state index in [0.717, 1.165) is 63.5 Å². The SMILES string of the molecule is N#CC(F)=CC=C[C@H]1CC[C@H](OC[C@H]2CC[C@H](c3ccc(F)c(F)c3)CC2)CC1.